The predicted molar refractivity (Wildman–Crippen MR) is 103 cm³/mol. The van der Waals surface area contributed by atoms with Crippen molar-refractivity contribution in [3.05, 3.63) is 72.1 Å². The number of alkyl halides is 6. The second kappa shape index (κ2) is 8.30. The van der Waals surface area contributed by atoms with Crippen LogP contribution in [0.3, 0.4) is 0 Å². The van der Waals surface area contributed by atoms with Crippen LogP contribution in [-0.4, -0.2) is 30.6 Å². The van der Waals surface area contributed by atoms with Gasteiger partial charge in [-0.1, -0.05) is 6.58 Å². The average Bonchev–Trinajstić information content (AvgIpc) is 3.23. The largest absolute Gasteiger partial charge is 0.416 e. The minimum absolute atomic E-state index is 0.0125. The van der Waals surface area contributed by atoms with Crippen molar-refractivity contribution in [1.82, 2.24) is 30.0 Å². The molecule has 1 amide bonds. The average molecular weight is 470 g/mol. The first-order valence-corrected chi connectivity index (χ1v) is 9.20. The van der Waals surface area contributed by atoms with Crippen LogP contribution >= 0.6 is 0 Å². The van der Waals surface area contributed by atoms with E-state index < -0.39 is 46.4 Å². The highest BCUT2D eigenvalue weighted by Gasteiger charge is 2.38. The summed E-state index contributed by atoms with van der Waals surface area (Å²) in [4.78, 5) is 24.0. The highest BCUT2D eigenvalue weighted by Crippen LogP contribution is 2.38. The van der Waals surface area contributed by atoms with Crippen molar-refractivity contribution in [2.24, 2.45) is 0 Å². The van der Waals surface area contributed by atoms with Gasteiger partial charge in [0.25, 0.3) is 0 Å². The Bertz CT molecular complexity index is 1150. The number of rotatable bonds is 5. The molecule has 0 saturated carbocycles. The molecular formula is C20H16F6N6O. The van der Waals surface area contributed by atoms with E-state index in [1.54, 1.807) is 6.92 Å². The van der Waals surface area contributed by atoms with Gasteiger partial charge in [0.15, 0.2) is 11.5 Å². The lowest BCUT2D eigenvalue weighted by molar-refractivity contribution is -0.143. The van der Waals surface area contributed by atoms with E-state index in [4.69, 9.17) is 0 Å². The van der Waals surface area contributed by atoms with Crippen molar-refractivity contribution in [3.8, 4) is 11.4 Å². The lowest BCUT2D eigenvalue weighted by atomic mass is 10.0. The van der Waals surface area contributed by atoms with Gasteiger partial charge in [-0.15, -0.1) is 5.10 Å². The summed E-state index contributed by atoms with van der Waals surface area (Å²) in [5.41, 5.74) is -4.68. The van der Waals surface area contributed by atoms with Crippen LogP contribution in [0.2, 0.25) is 0 Å². The molecular weight excluding hydrogens is 454 g/mol. The monoisotopic (exact) mass is 470 g/mol. The fourth-order valence-corrected chi connectivity index (χ4v) is 2.89. The standard InChI is InChI=1S/C20H16F6N6O/c1-4-16(33)30-18(3,15-8-27-11(2)28-9-15)32-10-29-17(31-32)12-5-13(19(21,22)23)7-14(6-12)20(24,25)26/h4-10H,1H2,2-3H3,(H,30,33). The highest BCUT2D eigenvalue weighted by atomic mass is 19.4. The maximum Gasteiger partial charge on any atom is 0.416 e. The maximum atomic E-state index is 13.2. The number of carbonyl (C=O) groups is 1. The first-order chi connectivity index (χ1) is 15.2. The van der Waals surface area contributed by atoms with Gasteiger partial charge in [0, 0.05) is 23.5 Å². The van der Waals surface area contributed by atoms with E-state index in [1.807, 2.05) is 0 Å². The molecule has 0 radical (unpaired) electrons. The van der Waals surface area contributed by atoms with E-state index in [-0.39, 0.29) is 6.07 Å². The molecule has 13 heteroatoms. The molecule has 7 nitrogen and oxygen atoms in total. The summed E-state index contributed by atoms with van der Waals surface area (Å²) >= 11 is 0. The van der Waals surface area contributed by atoms with Crippen molar-refractivity contribution >= 4 is 5.91 Å². The molecule has 1 aromatic carbocycles. The van der Waals surface area contributed by atoms with Crippen molar-refractivity contribution in [2.75, 3.05) is 0 Å². The predicted octanol–water partition coefficient (Wildman–Crippen LogP) is 4.10. The number of aryl methyl sites for hydroxylation is 1. The number of aromatic nitrogens is 5. The van der Waals surface area contributed by atoms with Gasteiger partial charge in [0.1, 0.15) is 12.2 Å². The Morgan fingerprint density at radius 1 is 0.970 bits per heavy atom. The third kappa shape index (κ3) is 5.02. The Morgan fingerprint density at radius 2 is 1.52 bits per heavy atom. The molecule has 0 fully saturated rings. The van der Waals surface area contributed by atoms with Crippen molar-refractivity contribution in [3.63, 3.8) is 0 Å². The van der Waals surface area contributed by atoms with Gasteiger partial charge in [0.2, 0.25) is 5.91 Å². The molecule has 0 spiro atoms. The van der Waals surface area contributed by atoms with Gasteiger partial charge >= 0.3 is 12.4 Å². The van der Waals surface area contributed by atoms with Crippen LogP contribution in [0.1, 0.15) is 29.4 Å². The maximum absolute atomic E-state index is 13.2. The Labute approximate surface area is 183 Å². The first-order valence-electron chi connectivity index (χ1n) is 9.20. The van der Waals surface area contributed by atoms with Crippen LogP contribution in [0.5, 0.6) is 0 Å². The molecule has 1 unspecified atom stereocenters. The SMILES string of the molecule is C=CC(=O)NC(C)(c1cnc(C)nc1)n1cnc(-c2cc(C(F)(F)F)cc(C(F)(F)F)c2)n1. The molecule has 0 saturated heterocycles. The Hall–Kier alpha value is -3.77. The number of benzene rings is 1. The molecule has 0 aliphatic carbocycles. The molecule has 0 bridgehead atoms. The van der Waals surface area contributed by atoms with E-state index in [9.17, 15) is 31.1 Å². The summed E-state index contributed by atoms with van der Waals surface area (Å²) in [6, 6.07) is 1.05. The molecule has 0 aliphatic rings. The molecule has 1 N–H and O–H groups in total. The normalized spacial score (nSPS) is 13.9. The van der Waals surface area contributed by atoms with E-state index in [0.717, 1.165) is 17.1 Å². The molecule has 2 aromatic heterocycles. The van der Waals surface area contributed by atoms with E-state index in [1.165, 1.54) is 19.3 Å². The van der Waals surface area contributed by atoms with E-state index in [2.05, 4.69) is 31.9 Å². The van der Waals surface area contributed by atoms with Crippen LogP contribution in [0.25, 0.3) is 11.4 Å². The Morgan fingerprint density at radius 3 is 2.00 bits per heavy atom. The molecule has 1 atom stereocenters. The minimum Gasteiger partial charge on any atom is -0.324 e. The number of hydrogen-bond acceptors (Lipinski definition) is 5. The number of hydrogen-bond donors (Lipinski definition) is 1. The van der Waals surface area contributed by atoms with E-state index >= 15 is 0 Å². The summed E-state index contributed by atoms with van der Waals surface area (Å²) in [5, 5.41) is 6.65. The number of carbonyl (C=O) groups excluding carboxylic acids is 1. The third-order valence-corrected chi connectivity index (χ3v) is 4.69. The van der Waals surface area contributed by atoms with Gasteiger partial charge in [-0.2, -0.15) is 26.3 Å². The second-order valence-corrected chi connectivity index (χ2v) is 7.09. The van der Waals surface area contributed by atoms with Gasteiger partial charge in [0.05, 0.1) is 11.1 Å². The van der Waals surface area contributed by atoms with Crippen molar-refractivity contribution in [1.29, 1.82) is 0 Å². The quantitative estimate of drug-likeness (QED) is 0.448. The minimum atomic E-state index is -5.02. The van der Waals surface area contributed by atoms with Gasteiger partial charge in [-0.3, -0.25) is 4.79 Å². The molecule has 33 heavy (non-hydrogen) atoms. The lowest BCUT2D eigenvalue weighted by Crippen LogP contribution is -2.49. The van der Waals surface area contributed by atoms with Crippen LogP contribution in [0.4, 0.5) is 26.3 Å². The smallest absolute Gasteiger partial charge is 0.324 e. The fraction of sp³-hybridized carbons (Fsp3) is 0.250. The summed E-state index contributed by atoms with van der Waals surface area (Å²) in [6.45, 7) is 6.47. The summed E-state index contributed by atoms with van der Waals surface area (Å²) in [7, 11) is 0. The third-order valence-electron chi connectivity index (χ3n) is 4.69. The van der Waals surface area contributed by atoms with Crippen LogP contribution in [0, 0.1) is 6.92 Å². The van der Waals surface area contributed by atoms with Gasteiger partial charge < -0.3 is 5.32 Å². The fourth-order valence-electron chi connectivity index (χ4n) is 2.89. The van der Waals surface area contributed by atoms with E-state index in [0.29, 0.717) is 23.5 Å². The summed E-state index contributed by atoms with van der Waals surface area (Å²) in [6.07, 6.45) is -5.23. The Kier molecular flexibility index (Phi) is 6.00. The first kappa shape index (κ1) is 23.9. The van der Waals surface area contributed by atoms with Gasteiger partial charge in [-0.05, 0) is 38.1 Å². The molecule has 3 aromatic rings. The van der Waals surface area contributed by atoms with Crippen molar-refractivity contribution in [2.45, 2.75) is 31.9 Å². The van der Waals surface area contributed by atoms with Gasteiger partial charge in [-0.25, -0.2) is 19.6 Å². The lowest BCUT2D eigenvalue weighted by Gasteiger charge is -2.30. The van der Waals surface area contributed by atoms with Crippen LogP contribution in [-0.2, 0) is 22.8 Å². The zero-order valence-electron chi connectivity index (χ0n) is 17.2. The Balaban J connectivity index is 2.14. The van der Waals surface area contributed by atoms with Crippen LogP contribution in [0.15, 0.2) is 49.6 Å². The molecule has 0 aliphatic heterocycles. The number of nitrogens with zero attached hydrogens (tertiary/aromatic N) is 5. The second-order valence-electron chi connectivity index (χ2n) is 7.09. The summed E-state index contributed by atoms with van der Waals surface area (Å²) < 4.78 is 80.3. The zero-order chi connectivity index (χ0) is 24.6. The molecule has 2 heterocycles. The molecule has 174 valence electrons. The topological polar surface area (TPSA) is 85.6 Å². The molecule has 3 rings (SSSR count). The summed E-state index contributed by atoms with van der Waals surface area (Å²) in [5.74, 6) is -0.619. The van der Waals surface area contributed by atoms with Crippen molar-refractivity contribution < 1.29 is 31.1 Å². The highest BCUT2D eigenvalue weighted by molar-refractivity contribution is 5.87. The number of amides is 1. The number of nitrogens with one attached hydrogen (secondary N) is 1. The zero-order valence-corrected chi connectivity index (χ0v) is 17.2. The number of halogens is 6. The van der Waals surface area contributed by atoms with Crippen LogP contribution < -0.4 is 5.32 Å².